The van der Waals surface area contributed by atoms with E-state index in [1.807, 2.05) is 0 Å². The lowest BCUT2D eigenvalue weighted by Crippen LogP contribution is -1.98. The number of aromatic hydroxyl groups is 2. The molecule has 0 aromatic heterocycles. The van der Waals surface area contributed by atoms with Crippen molar-refractivity contribution in [1.29, 1.82) is 0 Å². The first-order chi connectivity index (χ1) is 10.4. The SMILES string of the molecule is [2H]c1oc2cc(=O)c([2H])c([2H])c-2c(O)c1-c1ccc(O)cc1. The van der Waals surface area contributed by atoms with Gasteiger partial charge in [-0.2, -0.15) is 0 Å². The summed E-state index contributed by atoms with van der Waals surface area (Å²) >= 11 is 0. The fourth-order valence-corrected chi connectivity index (χ4v) is 1.77. The van der Waals surface area contributed by atoms with Gasteiger partial charge in [0.2, 0.25) is 0 Å². The number of fused-ring (bicyclic) bond motifs is 1. The van der Waals surface area contributed by atoms with Gasteiger partial charge in [0.15, 0.2) is 5.43 Å². The molecule has 1 heterocycles. The Morgan fingerprint density at radius 3 is 2.53 bits per heavy atom. The molecule has 1 aromatic rings. The highest BCUT2D eigenvalue weighted by molar-refractivity contribution is 5.79. The number of hydrogen-bond donors (Lipinski definition) is 2. The lowest BCUT2D eigenvalue weighted by Gasteiger charge is -2.10. The topological polar surface area (TPSA) is 70.7 Å². The predicted molar refractivity (Wildman–Crippen MR) is 70.4 cm³/mol. The van der Waals surface area contributed by atoms with E-state index in [2.05, 4.69) is 0 Å². The van der Waals surface area contributed by atoms with Gasteiger partial charge < -0.3 is 14.6 Å². The van der Waals surface area contributed by atoms with Crippen LogP contribution in [0.3, 0.4) is 0 Å². The summed E-state index contributed by atoms with van der Waals surface area (Å²) in [4.78, 5) is 11.5. The first-order valence-corrected chi connectivity index (χ1v) is 5.46. The van der Waals surface area contributed by atoms with Crippen LogP contribution < -0.4 is 5.43 Å². The molecule has 1 aromatic carbocycles. The van der Waals surface area contributed by atoms with Gasteiger partial charge >= 0.3 is 0 Å². The monoisotopic (exact) mass is 257 g/mol. The molecule has 1 aliphatic heterocycles. The standard InChI is InChI=1S/C15H10O4/c16-10-3-1-9(2-4-10)13-8-19-14-7-11(17)5-6-12(14)15(13)18/h1-8,16,18H/i5D,6D,8D. The van der Waals surface area contributed by atoms with E-state index >= 15 is 0 Å². The zero-order chi connectivity index (χ0) is 16.0. The molecule has 0 spiro atoms. The highest BCUT2D eigenvalue weighted by Gasteiger charge is 2.15. The van der Waals surface area contributed by atoms with Gasteiger partial charge in [-0.3, -0.25) is 4.79 Å². The van der Waals surface area contributed by atoms with Crippen LogP contribution in [0.5, 0.6) is 11.5 Å². The van der Waals surface area contributed by atoms with E-state index in [1.54, 1.807) is 0 Å². The number of hydrogen-bond acceptors (Lipinski definition) is 4. The molecular formula is C15H10O4. The highest BCUT2D eigenvalue weighted by Crippen LogP contribution is 2.39. The summed E-state index contributed by atoms with van der Waals surface area (Å²) in [6.07, 6.45) is -0.382. The first kappa shape index (κ1) is 8.37. The minimum Gasteiger partial charge on any atom is -0.508 e. The average Bonchev–Trinajstić information content (AvgIpc) is 2.46. The van der Waals surface area contributed by atoms with Crippen LogP contribution in [0.2, 0.25) is 0 Å². The van der Waals surface area contributed by atoms with Crippen LogP contribution in [0.1, 0.15) is 4.11 Å². The Labute approximate surface area is 112 Å². The van der Waals surface area contributed by atoms with Crippen molar-refractivity contribution in [2.45, 2.75) is 0 Å². The predicted octanol–water partition coefficient (Wildman–Crippen LogP) is 2.82. The van der Waals surface area contributed by atoms with Crippen LogP contribution in [0, 0.1) is 0 Å². The van der Waals surface area contributed by atoms with E-state index < -0.39 is 23.3 Å². The van der Waals surface area contributed by atoms with Gasteiger partial charge in [-0.25, -0.2) is 0 Å². The molecule has 4 heteroatoms. The number of phenols is 1. The molecule has 0 unspecified atom stereocenters. The molecule has 94 valence electrons. The third-order valence-electron chi connectivity index (χ3n) is 2.71. The molecule has 19 heavy (non-hydrogen) atoms. The van der Waals surface area contributed by atoms with Crippen molar-refractivity contribution in [2.75, 3.05) is 0 Å². The quantitative estimate of drug-likeness (QED) is 0.703. The van der Waals surface area contributed by atoms with Crippen molar-refractivity contribution in [3.8, 4) is 33.9 Å². The second kappa shape index (κ2) is 4.17. The molecule has 2 N–H and O–H groups in total. The van der Waals surface area contributed by atoms with E-state index in [0.717, 1.165) is 6.07 Å². The van der Waals surface area contributed by atoms with Crippen LogP contribution in [-0.2, 0) is 0 Å². The molecule has 0 bridgehead atoms. The molecule has 0 saturated carbocycles. The van der Waals surface area contributed by atoms with Crippen molar-refractivity contribution in [1.82, 2.24) is 0 Å². The fraction of sp³-hybridized carbons (Fsp3) is 0. The second-order valence-corrected chi connectivity index (χ2v) is 3.97. The summed E-state index contributed by atoms with van der Waals surface area (Å²) in [5.74, 6) is -0.496. The summed E-state index contributed by atoms with van der Waals surface area (Å²) in [6, 6.07) is 5.71. The summed E-state index contributed by atoms with van der Waals surface area (Å²) in [7, 11) is 0. The fourth-order valence-electron chi connectivity index (χ4n) is 1.77. The van der Waals surface area contributed by atoms with Crippen molar-refractivity contribution in [2.24, 2.45) is 0 Å². The zero-order valence-corrected chi connectivity index (χ0v) is 9.60. The number of phenolic OH excluding ortho intramolecular Hbond substituents is 1. The summed E-state index contributed by atoms with van der Waals surface area (Å²) in [5.41, 5.74) is -0.372. The number of benzene rings is 2. The van der Waals surface area contributed by atoms with Crippen molar-refractivity contribution < 1.29 is 18.7 Å². The van der Waals surface area contributed by atoms with Crippen molar-refractivity contribution in [3.05, 3.63) is 58.9 Å². The van der Waals surface area contributed by atoms with Crippen LogP contribution in [0.15, 0.2) is 57.9 Å². The van der Waals surface area contributed by atoms with Gasteiger partial charge in [-0.1, -0.05) is 12.1 Å². The molecule has 2 aliphatic rings. The van der Waals surface area contributed by atoms with E-state index in [9.17, 15) is 15.0 Å². The van der Waals surface area contributed by atoms with Gasteiger partial charge in [0.25, 0.3) is 0 Å². The van der Waals surface area contributed by atoms with Crippen LogP contribution >= 0.6 is 0 Å². The van der Waals surface area contributed by atoms with Gasteiger partial charge in [0.1, 0.15) is 24.9 Å². The van der Waals surface area contributed by atoms with Crippen molar-refractivity contribution >= 4 is 0 Å². The van der Waals surface area contributed by atoms with Gasteiger partial charge in [0, 0.05) is 6.07 Å². The maximum atomic E-state index is 11.5. The minimum atomic E-state index is -0.711. The van der Waals surface area contributed by atoms with Gasteiger partial charge in [-0.15, -0.1) is 0 Å². The first-order valence-electron chi connectivity index (χ1n) is 6.96. The normalized spacial score (nSPS) is 12.9. The average molecular weight is 257 g/mol. The summed E-state index contributed by atoms with van der Waals surface area (Å²) < 4.78 is 28.5. The van der Waals surface area contributed by atoms with Crippen molar-refractivity contribution in [3.63, 3.8) is 0 Å². The van der Waals surface area contributed by atoms with E-state index in [0.29, 0.717) is 5.56 Å². The molecule has 0 saturated heterocycles. The van der Waals surface area contributed by atoms with Crippen LogP contribution in [0.25, 0.3) is 22.5 Å². The molecule has 1 aliphatic carbocycles. The summed E-state index contributed by atoms with van der Waals surface area (Å²) in [6.45, 7) is 0. The van der Waals surface area contributed by atoms with Gasteiger partial charge in [-0.05, 0) is 29.8 Å². The molecule has 0 atom stereocenters. The maximum Gasteiger partial charge on any atom is 0.182 e. The summed E-state index contributed by atoms with van der Waals surface area (Å²) in [5, 5.41) is 19.7. The van der Waals surface area contributed by atoms with E-state index in [1.165, 1.54) is 24.3 Å². The molecule has 0 fully saturated rings. The van der Waals surface area contributed by atoms with E-state index in [4.69, 9.17) is 8.53 Å². The highest BCUT2D eigenvalue weighted by atomic mass is 16.3. The van der Waals surface area contributed by atoms with Gasteiger partial charge in [0.05, 0.1) is 13.9 Å². The Bertz CT molecular complexity index is 900. The van der Waals surface area contributed by atoms with Crippen LogP contribution in [0.4, 0.5) is 0 Å². The lowest BCUT2D eigenvalue weighted by atomic mass is 10.0. The Kier molecular flexibility index (Phi) is 1.84. The van der Waals surface area contributed by atoms with Crippen LogP contribution in [-0.4, -0.2) is 10.2 Å². The van der Waals surface area contributed by atoms with E-state index in [-0.39, 0.29) is 28.9 Å². The number of rotatable bonds is 1. The molecule has 0 amide bonds. The minimum absolute atomic E-state index is 0.0260. The smallest absolute Gasteiger partial charge is 0.182 e. The molecule has 3 rings (SSSR count). The Hall–Kier alpha value is -2.75. The Balaban J connectivity index is 2.40. The maximum absolute atomic E-state index is 11.5. The third kappa shape index (κ3) is 1.93. The lowest BCUT2D eigenvalue weighted by molar-refractivity contribution is 0.464. The molecular weight excluding hydrogens is 244 g/mol. The Morgan fingerprint density at radius 1 is 1.05 bits per heavy atom. The second-order valence-electron chi connectivity index (χ2n) is 3.97. The Morgan fingerprint density at radius 2 is 1.79 bits per heavy atom. The molecule has 4 nitrogen and oxygen atoms in total. The molecule has 0 radical (unpaired) electrons. The third-order valence-corrected chi connectivity index (χ3v) is 2.71. The zero-order valence-electron chi connectivity index (χ0n) is 12.6. The largest absolute Gasteiger partial charge is 0.508 e.